The second-order valence-corrected chi connectivity index (χ2v) is 7.64. The number of rotatable bonds is 4. The van der Waals surface area contributed by atoms with Gasteiger partial charge in [0.05, 0.1) is 25.7 Å². The number of fused-ring (bicyclic) bond motifs is 1. The van der Waals surface area contributed by atoms with Crippen LogP contribution in [0.4, 0.5) is 0 Å². The molecule has 1 spiro atoms. The lowest BCUT2D eigenvalue weighted by Crippen LogP contribution is -2.61. The lowest BCUT2D eigenvalue weighted by molar-refractivity contribution is -0.224. The first-order valence-corrected chi connectivity index (χ1v) is 9.20. The van der Waals surface area contributed by atoms with Crippen molar-refractivity contribution in [2.24, 2.45) is 11.3 Å². The fraction of sp³-hybridized carbons (Fsp3) is 0.944. The van der Waals surface area contributed by atoms with Crippen LogP contribution >= 0.6 is 0 Å². The maximum atomic E-state index is 12.4. The maximum Gasteiger partial charge on any atom is 0.310 e. The minimum atomic E-state index is -0.403. The first kappa shape index (κ1) is 17.2. The summed E-state index contributed by atoms with van der Waals surface area (Å²) in [7, 11) is 0. The number of nitrogens with zero attached hydrogens (tertiary/aromatic N) is 1. The standard InChI is InChI=1S/C18H31NO4/c1-4-8-19-12-14(16(20)21-5-2)11-17(3)13-18(7-6-15(17)19)22-9-10-23-18/h14-15H,4-13H2,1-3H3/t14-,15+,17?/m0/s1. The van der Waals surface area contributed by atoms with Crippen molar-refractivity contribution in [3.8, 4) is 0 Å². The molecular weight excluding hydrogens is 294 g/mol. The third kappa shape index (κ3) is 3.28. The molecule has 3 atom stereocenters. The molecule has 132 valence electrons. The van der Waals surface area contributed by atoms with Crippen LogP contribution < -0.4 is 0 Å². The normalized spacial score (nSPS) is 36.8. The van der Waals surface area contributed by atoms with Gasteiger partial charge in [-0.15, -0.1) is 0 Å². The Labute approximate surface area is 139 Å². The van der Waals surface area contributed by atoms with E-state index in [4.69, 9.17) is 14.2 Å². The number of ether oxygens (including phenoxy) is 3. The van der Waals surface area contributed by atoms with Gasteiger partial charge in [0.2, 0.25) is 0 Å². The van der Waals surface area contributed by atoms with E-state index in [9.17, 15) is 4.79 Å². The Balaban J connectivity index is 1.80. The molecule has 0 aromatic heterocycles. The molecule has 2 saturated heterocycles. The molecule has 0 aromatic rings. The summed E-state index contributed by atoms with van der Waals surface area (Å²) in [5.41, 5.74) is 0.0490. The number of carbonyl (C=O) groups is 1. The maximum absolute atomic E-state index is 12.4. The van der Waals surface area contributed by atoms with E-state index in [0.29, 0.717) is 25.9 Å². The minimum absolute atomic E-state index is 0.0284. The summed E-state index contributed by atoms with van der Waals surface area (Å²) in [6, 6.07) is 0.520. The molecule has 23 heavy (non-hydrogen) atoms. The molecule has 2 heterocycles. The van der Waals surface area contributed by atoms with Crippen LogP contribution in [0.5, 0.6) is 0 Å². The molecule has 5 heteroatoms. The highest BCUT2D eigenvalue weighted by atomic mass is 16.7. The molecule has 5 nitrogen and oxygen atoms in total. The van der Waals surface area contributed by atoms with E-state index in [-0.39, 0.29) is 17.3 Å². The Morgan fingerprint density at radius 2 is 2.04 bits per heavy atom. The summed E-state index contributed by atoms with van der Waals surface area (Å²) in [5.74, 6) is -0.472. The fourth-order valence-corrected chi connectivity index (χ4v) is 5.09. The fourth-order valence-electron chi connectivity index (χ4n) is 5.09. The Morgan fingerprint density at radius 1 is 1.30 bits per heavy atom. The van der Waals surface area contributed by atoms with Crippen molar-refractivity contribution in [3.63, 3.8) is 0 Å². The van der Waals surface area contributed by atoms with Gasteiger partial charge < -0.3 is 14.2 Å². The van der Waals surface area contributed by atoms with Gasteiger partial charge in [-0.05, 0) is 38.1 Å². The van der Waals surface area contributed by atoms with Gasteiger partial charge in [-0.3, -0.25) is 9.69 Å². The molecule has 3 rings (SSSR count). The van der Waals surface area contributed by atoms with Crippen LogP contribution in [0.15, 0.2) is 0 Å². The predicted molar refractivity (Wildman–Crippen MR) is 87.0 cm³/mol. The topological polar surface area (TPSA) is 48.0 Å². The molecule has 3 aliphatic rings. The summed E-state index contributed by atoms with van der Waals surface area (Å²) in [4.78, 5) is 14.9. The van der Waals surface area contributed by atoms with Gasteiger partial charge in [0.1, 0.15) is 0 Å². The molecule has 0 aromatic carbocycles. The second-order valence-electron chi connectivity index (χ2n) is 7.64. The van der Waals surface area contributed by atoms with Crippen molar-refractivity contribution in [1.82, 2.24) is 4.90 Å². The van der Waals surface area contributed by atoms with E-state index in [2.05, 4.69) is 18.7 Å². The third-order valence-electron chi connectivity index (χ3n) is 5.83. The average molecular weight is 325 g/mol. The van der Waals surface area contributed by atoms with Crippen LogP contribution in [0.3, 0.4) is 0 Å². The first-order valence-electron chi connectivity index (χ1n) is 9.20. The van der Waals surface area contributed by atoms with Gasteiger partial charge in [-0.25, -0.2) is 0 Å². The van der Waals surface area contributed by atoms with Crippen LogP contribution in [0.2, 0.25) is 0 Å². The molecule has 1 saturated carbocycles. The van der Waals surface area contributed by atoms with E-state index >= 15 is 0 Å². The second kappa shape index (κ2) is 6.69. The van der Waals surface area contributed by atoms with Gasteiger partial charge in [-0.2, -0.15) is 0 Å². The van der Waals surface area contributed by atoms with Gasteiger partial charge >= 0.3 is 5.97 Å². The average Bonchev–Trinajstić information content (AvgIpc) is 2.94. The first-order chi connectivity index (χ1) is 11.0. The van der Waals surface area contributed by atoms with Crippen molar-refractivity contribution in [3.05, 3.63) is 0 Å². The molecular formula is C18H31NO4. The van der Waals surface area contributed by atoms with Crippen molar-refractivity contribution in [1.29, 1.82) is 0 Å². The van der Waals surface area contributed by atoms with Gasteiger partial charge in [0.25, 0.3) is 0 Å². The number of hydrogen-bond acceptors (Lipinski definition) is 5. The third-order valence-corrected chi connectivity index (χ3v) is 5.83. The van der Waals surface area contributed by atoms with Crippen LogP contribution in [0.1, 0.15) is 52.9 Å². The van der Waals surface area contributed by atoms with Crippen molar-refractivity contribution in [2.45, 2.75) is 64.7 Å². The Kier molecular flexibility index (Phi) is 5.00. The Hall–Kier alpha value is -0.650. The highest BCUT2D eigenvalue weighted by molar-refractivity contribution is 5.73. The number of hydrogen-bond donors (Lipinski definition) is 0. The Bertz CT molecular complexity index is 435. The largest absolute Gasteiger partial charge is 0.466 e. The molecule has 0 radical (unpaired) electrons. The number of piperidine rings is 1. The molecule has 0 amide bonds. The molecule has 1 unspecified atom stereocenters. The van der Waals surface area contributed by atoms with Gasteiger partial charge in [0.15, 0.2) is 5.79 Å². The monoisotopic (exact) mass is 325 g/mol. The van der Waals surface area contributed by atoms with E-state index < -0.39 is 5.79 Å². The highest BCUT2D eigenvalue weighted by Gasteiger charge is 2.55. The van der Waals surface area contributed by atoms with Crippen molar-refractivity contribution >= 4 is 5.97 Å². The highest BCUT2D eigenvalue weighted by Crippen LogP contribution is 2.52. The molecule has 0 N–H and O–H groups in total. The molecule has 3 fully saturated rings. The van der Waals surface area contributed by atoms with Crippen molar-refractivity contribution < 1.29 is 19.0 Å². The summed E-state index contributed by atoms with van der Waals surface area (Å²) in [6.07, 6.45) is 4.94. The smallest absolute Gasteiger partial charge is 0.310 e. The number of esters is 1. The zero-order valence-corrected chi connectivity index (χ0v) is 14.8. The van der Waals surface area contributed by atoms with Crippen molar-refractivity contribution in [2.75, 3.05) is 32.9 Å². The van der Waals surface area contributed by atoms with Crippen LogP contribution in [-0.2, 0) is 19.0 Å². The van der Waals surface area contributed by atoms with Gasteiger partial charge in [0, 0.05) is 25.4 Å². The van der Waals surface area contributed by atoms with Crippen LogP contribution in [0, 0.1) is 11.3 Å². The minimum Gasteiger partial charge on any atom is -0.466 e. The zero-order valence-electron chi connectivity index (χ0n) is 14.8. The zero-order chi connectivity index (χ0) is 16.5. The molecule has 1 aliphatic carbocycles. The van der Waals surface area contributed by atoms with Crippen LogP contribution in [0.25, 0.3) is 0 Å². The van der Waals surface area contributed by atoms with E-state index in [1.54, 1.807) is 0 Å². The summed E-state index contributed by atoms with van der Waals surface area (Å²) >= 11 is 0. The SMILES string of the molecule is CCCN1C[C@@H](C(=O)OCC)CC2(C)CC3(CC[C@@H]12)OCCO3. The summed E-state index contributed by atoms with van der Waals surface area (Å²) in [6.45, 7) is 10.1. The molecule has 2 aliphatic heterocycles. The summed E-state index contributed by atoms with van der Waals surface area (Å²) < 4.78 is 17.3. The number of carbonyl (C=O) groups excluding carboxylic acids is 1. The number of likely N-dealkylation sites (tertiary alicyclic amines) is 1. The lowest BCUT2D eigenvalue weighted by Gasteiger charge is -2.56. The van der Waals surface area contributed by atoms with E-state index in [1.165, 1.54) is 0 Å². The predicted octanol–water partition coefficient (Wildman–Crippen LogP) is 2.58. The van der Waals surface area contributed by atoms with Crippen LogP contribution in [-0.4, -0.2) is 55.6 Å². The van der Waals surface area contributed by atoms with E-state index in [1.807, 2.05) is 6.92 Å². The lowest BCUT2D eigenvalue weighted by atomic mass is 9.62. The summed E-state index contributed by atoms with van der Waals surface area (Å²) in [5, 5.41) is 0. The Morgan fingerprint density at radius 3 is 2.70 bits per heavy atom. The van der Waals surface area contributed by atoms with Gasteiger partial charge in [-0.1, -0.05) is 13.8 Å². The molecule has 0 bridgehead atoms. The van der Waals surface area contributed by atoms with E-state index in [0.717, 1.165) is 45.2 Å². The quantitative estimate of drug-likeness (QED) is 0.744.